The Balaban J connectivity index is 0.000000614. The number of pyridine rings is 2. The number of amides is 1. The summed E-state index contributed by atoms with van der Waals surface area (Å²) in [6.45, 7) is 6.14. The van der Waals surface area contributed by atoms with Gasteiger partial charge in [-0.1, -0.05) is 59.4 Å². The van der Waals surface area contributed by atoms with Crippen molar-refractivity contribution in [2.45, 2.75) is 39.7 Å². The predicted octanol–water partition coefficient (Wildman–Crippen LogP) is 4.17. The molecule has 4 N–H and O–H groups in total. The van der Waals surface area contributed by atoms with Gasteiger partial charge in [-0.05, 0) is 32.4 Å². The third-order valence-electron chi connectivity index (χ3n) is 4.23. The fraction of sp³-hybridized carbons (Fsp3) is 0.333. The second kappa shape index (κ2) is 21.3. The van der Waals surface area contributed by atoms with Crippen LogP contribution in [0.1, 0.15) is 33.6 Å². The van der Waals surface area contributed by atoms with Crippen LogP contribution < -0.4 is 21.7 Å². The monoisotopic (exact) mass is 652 g/mol. The minimum atomic E-state index is -0.779. The number of hydrogen-bond acceptors (Lipinski definition) is 12. The number of ether oxygens (including phenoxy) is 2. The highest BCUT2D eigenvalue weighted by atomic mass is 35.5. The number of halogens is 4. The quantitative estimate of drug-likeness (QED) is 0.168. The number of nitrogens with one attached hydrogen (secondary N) is 2. The second-order valence-corrected chi connectivity index (χ2v) is 8.80. The molecule has 1 fully saturated rings. The van der Waals surface area contributed by atoms with E-state index >= 15 is 0 Å². The molecule has 0 radical (unpaired) electrons. The number of aromatic nitrogens is 2. The van der Waals surface area contributed by atoms with E-state index in [2.05, 4.69) is 25.6 Å². The molecule has 0 saturated carbocycles. The summed E-state index contributed by atoms with van der Waals surface area (Å²) in [5.41, 5.74) is 4.84. The zero-order valence-electron chi connectivity index (χ0n) is 22.2. The molecule has 17 heteroatoms. The average Bonchev–Trinajstić information content (AvgIpc) is 3.30. The van der Waals surface area contributed by atoms with Gasteiger partial charge in [0.1, 0.15) is 0 Å². The van der Waals surface area contributed by atoms with Crippen LogP contribution in [0.15, 0.2) is 36.7 Å². The average molecular weight is 654 g/mol. The number of esters is 2. The van der Waals surface area contributed by atoms with Crippen LogP contribution in [0.25, 0.3) is 0 Å². The van der Waals surface area contributed by atoms with Gasteiger partial charge in [-0.3, -0.25) is 15.2 Å². The van der Waals surface area contributed by atoms with E-state index in [1.165, 1.54) is 29.5 Å². The first-order chi connectivity index (χ1) is 19.5. The molecule has 2 aromatic rings. The molecule has 1 amide bonds. The Bertz CT molecular complexity index is 1210. The van der Waals surface area contributed by atoms with Crippen LogP contribution in [0, 0.1) is 0 Å². The number of hydrazine groups is 2. The zero-order valence-corrected chi connectivity index (χ0v) is 25.2. The zero-order chi connectivity index (χ0) is 31.4. The lowest BCUT2D eigenvalue weighted by Gasteiger charge is -2.23. The van der Waals surface area contributed by atoms with Crippen molar-refractivity contribution in [1.82, 2.24) is 15.4 Å². The standard InChI is InChI=1S/C11H11Cl2N3O3.C7H12O2.C5H5Cl2N3.CO2/c1-2-19-11(18)8-4-9(17)15-16(8)10-7(13)3-6(12)5-14-10;1-3-5-6-7(8)9-4-2;6-3-1-4(7)5(10-8)9-2-3;2-1-3/h3,5,8H,2,4H2,1H3,(H,15,17);5-6H,3-4H2,1-2H3;1-2H,8H2,(H,9,10);/b;6-5-;;. The number of anilines is 2. The highest BCUT2D eigenvalue weighted by Gasteiger charge is 2.38. The lowest BCUT2D eigenvalue weighted by Crippen LogP contribution is -2.43. The molecule has 1 atom stereocenters. The Hall–Kier alpha value is -3.45. The fourth-order valence-electron chi connectivity index (χ4n) is 2.66. The van der Waals surface area contributed by atoms with Crippen LogP contribution in [-0.4, -0.2) is 53.2 Å². The molecular formula is C24H28Cl4N6O7. The van der Waals surface area contributed by atoms with Gasteiger partial charge in [0.05, 0.1) is 39.7 Å². The van der Waals surface area contributed by atoms with Gasteiger partial charge in [-0.25, -0.2) is 25.4 Å². The van der Waals surface area contributed by atoms with Crippen LogP contribution in [0.4, 0.5) is 11.6 Å². The van der Waals surface area contributed by atoms with E-state index in [4.69, 9.17) is 66.6 Å². The van der Waals surface area contributed by atoms with E-state index in [-0.39, 0.29) is 41.9 Å². The van der Waals surface area contributed by atoms with Crippen molar-refractivity contribution in [3.63, 3.8) is 0 Å². The fourth-order valence-corrected chi connectivity index (χ4v) is 3.57. The van der Waals surface area contributed by atoms with Crippen molar-refractivity contribution in [1.29, 1.82) is 0 Å². The molecule has 1 aliphatic rings. The Kier molecular flexibility index (Phi) is 19.5. The summed E-state index contributed by atoms with van der Waals surface area (Å²) in [6.07, 6.45) is 7.19. The third kappa shape index (κ3) is 14.7. The number of carbonyl (C=O) groups is 3. The molecule has 1 aliphatic heterocycles. The molecule has 0 spiro atoms. The van der Waals surface area contributed by atoms with E-state index < -0.39 is 12.0 Å². The number of carbonyl (C=O) groups excluding carboxylic acids is 5. The highest BCUT2D eigenvalue weighted by Crippen LogP contribution is 2.29. The molecule has 0 bridgehead atoms. The van der Waals surface area contributed by atoms with Gasteiger partial charge in [-0.15, -0.1) is 0 Å². The number of nitrogen functional groups attached to an aromatic ring is 1. The van der Waals surface area contributed by atoms with E-state index in [1.54, 1.807) is 26.0 Å². The van der Waals surface area contributed by atoms with Gasteiger partial charge < -0.3 is 14.9 Å². The Morgan fingerprint density at radius 1 is 1.07 bits per heavy atom. The third-order valence-corrected chi connectivity index (χ3v) is 5.21. The molecule has 0 aliphatic carbocycles. The predicted molar refractivity (Wildman–Crippen MR) is 153 cm³/mol. The first-order valence-corrected chi connectivity index (χ1v) is 13.2. The number of hydrogen-bond donors (Lipinski definition) is 3. The summed E-state index contributed by atoms with van der Waals surface area (Å²) in [6, 6.07) is 2.27. The minimum absolute atomic E-state index is 0.000527. The van der Waals surface area contributed by atoms with Gasteiger partial charge in [0, 0.05) is 18.5 Å². The van der Waals surface area contributed by atoms with Crippen molar-refractivity contribution in [2.75, 3.05) is 23.6 Å². The largest absolute Gasteiger partial charge is 0.464 e. The molecule has 1 unspecified atom stereocenters. The van der Waals surface area contributed by atoms with Crippen molar-refractivity contribution >= 4 is 82.0 Å². The topological polar surface area (TPSA) is 183 Å². The summed E-state index contributed by atoms with van der Waals surface area (Å²) in [5, 5.41) is 2.81. The Labute approximate surface area is 256 Å². The summed E-state index contributed by atoms with van der Waals surface area (Å²) in [7, 11) is 0. The summed E-state index contributed by atoms with van der Waals surface area (Å²) >= 11 is 23.0. The van der Waals surface area contributed by atoms with Crippen LogP contribution in [0.2, 0.25) is 20.1 Å². The lowest BCUT2D eigenvalue weighted by molar-refractivity contribution is -0.191. The Morgan fingerprint density at radius 2 is 1.63 bits per heavy atom. The minimum Gasteiger partial charge on any atom is -0.464 e. The summed E-state index contributed by atoms with van der Waals surface area (Å²) in [4.78, 5) is 57.8. The smallest absolute Gasteiger partial charge is 0.373 e. The molecular weight excluding hydrogens is 626 g/mol. The summed E-state index contributed by atoms with van der Waals surface area (Å²) < 4.78 is 9.54. The van der Waals surface area contributed by atoms with E-state index in [1.807, 2.05) is 6.92 Å². The van der Waals surface area contributed by atoms with Crippen molar-refractivity contribution in [2.24, 2.45) is 5.84 Å². The SMILES string of the molecule is CC/C=C\C(=O)OCC.CCOC(=O)C1CC(=O)NN1c1ncc(Cl)cc1Cl.NNc1ncc(Cl)cc1Cl.O=C=O. The van der Waals surface area contributed by atoms with Crippen molar-refractivity contribution in [3.8, 4) is 0 Å². The van der Waals surface area contributed by atoms with Gasteiger partial charge in [0.25, 0.3) is 0 Å². The number of allylic oxidation sites excluding steroid dienone is 1. The van der Waals surface area contributed by atoms with Gasteiger partial charge in [-0.2, -0.15) is 9.59 Å². The first kappa shape index (κ1) is 37.6. The van der Waals surface area contributed by atoms with Crippen LogP contribution in [0.5, 0.6) is 0 Å². The first-order valence-electron chi connectivity index (χ1n) is 11.7. The molecule has 224 valence electrons. The van der Waals surface area contributed by atoms with Gasteiger partial charge in [0.15, 0.2) is 17.7 Å². The van der Waals surface area contributed by atoms with Crippen LogP contribution >= 0.6 is 46.4 Å². The maximum Gasteiger partial charge on any atom is 0.373 e. The molecule has 3 heterocycles. The van der Waals surface area contributed by atoms with E-state index in [0.29, 0.717) is 27.5 Å². The van der Waals surface area contributed by atoms with Gasteiger partial charge in [0.2, 0.25) is 5.91 Å². The second-order valence-electron chi connectivity index (χ2n) is 7.11. The number of nitrogens with zero attached hydrogens (tertiary/aromatic N) is 3. The Morgan fingerprint density at radius 3 is 2.12 bits per heavy atom. The van der Waals surface area contributed by atoms with Crippen LogP contribution in [0.3, 0.4) is 0 Å². The van der Waals surface area contributed by atoms with E-state index in [0.717, 1.165) is 6.42 Å². The molecule has 2 aromatic heterocycles. The van der Waals surface area contributed by atoms with Gasteiger partial charge >= 0.3 is 18.1 Å². The van der Waals surface area contributed by atoms with Crippen molar-refractivity contribution in [3.05, 3.63) is 56.8 Å². The maximum absolute atomic E-state index is 11.8. The molecule has 0 aromatic carbocycles. The number of nitrogens with two attached hydrogens (primary N) is 1. The highest BCUT2D eigenvalue weighted by molar-refractivity contribution is 6.36. The maximum atomic E-state index is 11.8. The van der Waals surface area contributed by atoms with E-state index in [9.17, 15) is 14.4 Å². The van der Waals surface area contributed by atoms with Crippen molar-refractivity contribution < 1.29 is 33.4 Å². The molecule has 41 heavy (non-hydrogen) atoms. The number of rotatable bonds is 7. The molecule has 3 rings (SSSR count). The molecule has 13 nitrogen and oxygen atoms in total. The lowest BCUT2D eigenvalue weighted by atomic mass is 10.2. The normalized spacial score (nSPS) is 13.2. The summed E-state index contributed by atoms with van der Waals surface area (Å²) in [5.74, 6) is 4.69. The molecule has 1 saturated heterocycles. The van der Waals surface area contributed by atoms with Crippen LogP contribution in [-0.2, 0) is 33.4 Å².